The average molecular weight is 168 g/mol. The lowest BCUT2D eigenvalue weighted by atomic mass is 10.3. The standard InChI is InChI=1S/C8H14N2.C2H6/c1-4-5-10-8(3)7(2)6-9-10;1-2/h6H,4-5H2,1-3H3;1-2H3. The van der Waals surface area contributed by atoms with Crippen molar-refractivity contribution in [3.05, 3.63) is 17.5 Å². The van der Waals surface area contributed by atoms with Gasteiger partial charge in [0, 0.05) is 12.2 Å². The number of aromatic nitrogens is 2. The van der Waals surface area contributed by atoms with E-state index in [2.05, 4.69) is 30.6 Å². The Morgan fingerprint density at radius 1 is 1.33 bits per heavy atom. The van der Waals surface area contributed by atoms with Crippen LogP contribution in [0.4, 0.5) is 0 Å². The second-order valence-corrected chi connectivity index (χ2v) is 2.64. The fourth-order valence-corrected chi connectivity index (χ4v) is 0.977. The van der Waals surface area contributed by atoms with Crippen molar-refractivity contribution >= 4 is 0 Å². The van der Waals surface area contributed by atoms with Gasteiger partial charge >= 0.3 is 0 Å². The molecule has 0 atom stereocenters. The van der Waals surface area contributed by atoms with Crippen LogP contribution in [-0.4, -0.2) is 9.78 Å². The summed E-state index contributed by atoms with van der Waals surface area (Å²) < 4.78 is 2.05. The Kier molecular flexibility index (Phi) is 5.43. The predicted molar refractivity (Wildman–Crippen MR) is 53.3 cm³/mol. The van der Waals surface area contributed by atoms with Gasteiger partial charge in [0.05, 0.1) is 6.20 Å². The van der Waals surface area contributed by atoms with Crippen LogP contribution >= 0.6 is 0 Å². The minimum atomic E-state index is 1.04. The van der Waals surface area contributed by atoms with Gasteiger partial charge in [0.2, 0.25) is 0 Å². The topological polar surface area (TPSA) is 17.8 Å². The lowest BCUT2D eigenvalue weighted by Crippen LogP contribution is -2.00. The van der Waals surface area contributed by atoms with Crippen molar-refractivity contribution in [1.29, 1.82) is 0 Å². The van der Waals surface area contributed by atoms with E-state index in [-0.39, 0.29) is 0 Å². The summed E-state index contributed by atoms with van der Waals surface area (Å²) in [5.74, 6) is 0. The van der Waals surface area contributed by atoms with E-state index in [9.17, 15) is 0 Å². The molecule has 0 aliphatic heterocycles. The van der Waals surface area contributed by atoms with Gasteiger partial charge in [-0.25, -0.2) is 0 Å². The van der Waals surface area contributed by atoms with Gasteiger partial charge in [0.25, 0.3) is 0 Å². The van der Waals surface area contributed by atoms with Gasteiger partial charge in [-0.1, -0.05) is 20.8 Å². The zero-order chi connectivity index (χ0) is 9.56. The summed E-state index contributed by atoms with van der Waals surface area (Å²) >= 11 is 0. The lowest BCUT2D eigenvalue weighted by Gasteiger charge is -2.00. The van der Waals surface area contributed by atoms with Gasteiger partial charge in [-0.3, -0.25) is 4.68 Å². The molecule has 0 unspecified atom stereocenters. The summed E-state index contributed by atoms with van der Waals surface area (Å²) in [5.41, 5.74) is 2.58. The van der Waals surface area contributed by atoms with Crippen molar-refractivity contribution in [3.8, 4) is 0 Å². The molecule has 0 aliphatic carbocycles. The number of hydrogen-bond donors (Lipinski definition) is 0. The fraction of sp³-hybridized carbons (Fsp3) is 0.700. The second kappa shape index (κ2) is 5.81. The van der Waals surface area contributed by atoms with Gasteiger partial charge < -0.3 is 0 Å². The molecule has 0 bridgehead atoms. The first-order valence-electron chi connectivity index (χ1n) is 4.74. The first-order chi connectivity index (χ1) is 5.75. The molecule has 1 aromatic heterocycles. The summed E-state index contributed by atoms with van der Waals surface area (Å²) in [6, 6.07) is 0. The molecule has 0 spiro atoms. The van der Waals surface area contributed by atoms with Gasteiger partial charge in [0.15, 0.2) is 0 Å². The van der Waals surface area contributed by atoms with Crippen LogP contribution in [0.15, 0.2) is 6.20 Å². The largest absolute Gasteiger partial charge is 0.270 e. The van der Waals surface area contributed by atoms with E-state index in [0.29, 0.717) is 0 Å². The maximum Gasteiger partial charge on any atom is 0.0521 e. The van der Waals surface area contributed by atoms with Gasteiger partial charge in [-0.05, 0) is 25.8 Å². The summed E-state index contributed by atoms with van der Waals surface area (Å²) in [4.78, 5) is 0. The quantitative estimate of drug-likeness (QED) is 0.664. The van der Waals surface area contributed by atoms with Crippen LogP contribution in [0.25, 0.3) is 0 Å². The van der Waals surface area contributed by atoms with Crippen molar-refractivity contribution in [1.82, 2.24) is 9.78 Å². The van der Waals surface area contributed by atoms with Crippen LogP contribution in [0.2, 0.25) is 0 Å². The van der Waals surface area contributed by atoms with E-state index in [1.54, 1.807) is 0 Å². The molecule has 0 N–H and O–H groups in total. The van der Waals surface area contributed by atoms with Crippen LogP contribution in [0.5, 0.6) is 0 Å². The summed E-state index contributed by atoms with van der Waals surface area (Å²) in [5, 5.41) is 4.22. The first kappa shape index (κ1) is 11.2. The Morgan fingerprint density at radius 3 is 2.25 bits per heavy atom. The van der Waals surface area contributed by atoms with Crippen LogP contribution in [0.1, 0.15) is 38.4 Å². The third-order valence-electron chi connectivity index (χ3n) is 1.78. The number of aryl methyl sites for hydroxylation is 2. The number of nitrogens with zero attached hydrogens (tertiary/aromatic N) is 2. The molecule has 0 fully saturated rings. The molecule has 0 aromatic carbocycles. The van der Waals surface area contributed by atoms with E-state index >= 15 is 0 Å². The maximum absolute atomic E-state index is 4.22. The molecule has 0 radical (unpaired) electrons. The Bertz CT molecular complexity index is 214. The summed E-state index contributed by atoms with van der Waals surface area (Å²) in [6.07, 6.45) is 3.08. The van der Waals surface area contributed by atoms with Crippen LogP contribution < -0.4 is 0 Å². The third-order valence-corrected chi connectivity index (χ3v) is 1.78. The highest BCUT2D eigenvalue weighted by Crippen LogP contribution is 2.04. The molecule has 0 amide bonds. The molecule has 2 heteroatoms. The summed E-state index contributed by atoms with van der Waals surface area (Å²) in [7, 11) is 0. The first-order valence-corrected chi connectivity index (χ1v) is 4.74. The Balaban J connectivity index is 0.000000561. The predicted octanol–water partition coefficient (Wildman–Crippen LogP) is 2.94. The Hall–Kier alpha value is -0.790. The Morgan fingerprint density at radius 2 is 1.92 bits per heavy atom. The molecule has 0 aliphatic rings. The lowest BCUT2D eigenvalue weighted by molar-refractivity contribution is 0.586. The zero-order valence-electron chi connectivity index (χ0n) is 8.89. The molecule has 1 rings (SSSR count). The third kappa shape index (κ3) is 2.68. The minimum absolute atomic E-state index is 1.04. The smallest absolute Gasteiger partial charge is 0.0521 e. The minimum Gasteiger partial charge on any atom is -0.270 e. The van der Waals surface area contributed by atoms with E-state index in [0.717, 1.165) is 13.0 Å². The molecule has 0 saturated carbocycles. The highest BCUT2D eigenvalue weighted by atomic mass is 15.3. The van der Waals surface area contributed by atoms with Crippen LogP contribution in [-0.2, 0) is 6.54 Å². The molecule has 70 valence electrons. The molecule has 2 nitrogen and oxygen atoms in total. The molecule has 0 saturated heterocycles. The van der Waals surface area contributed by atoms with Crippen LogP contribution in [0.3, 0.4) is 0 Å². The number of hydrogen-bond acceptors (Lipinski definition) is 1. The van der Waals surface area contributed by atoms with Crippen molar-refractivity contribution < 1.29 is 0 Å². The molecular formula is C10H20N2. The van der Waals surface area contributed by atoms with E-state index in [4.69, 9.17) is 0 Å². The van der Waals surface area contributed by atoms with E-state index < -0.39 is 0 Å². The molecule has 1 aromatic rings. The zero-order valence-corrected chi connectivity index (χ0v) is 8.89. The van der Waals surface area contributed by atoms with Gasteiger partial charge in [-0.15, -0.1) is 0 Å². The molecule has 1 heterocycles. The van der Waals surface area contributed by atoms with Gasteiger partial charge in [-0.2, -0.15) is 5.10 Å². The fourth-order valence-electron chi connectivity index (χ4n) is 0.977. The summed E-state index contributed by atoms with van der Waals surface area (Å²) in [6.45, 7) is 11.4. The highest BCUT2D eigenvalue weighted by Gasteiger charge is 1.98. The van der Waals surface area contributed by atoms with Crippen molar-refractivity contribution in [2.24, 2.45) is 0 Å². The average Bonchev–Trinajstić information content (AvgIpc) is 2.41. The Labute approximate surface area is 75.6 Å². The van der Waals surface area contributed by atoms with Crippen molar-refractivity contribution in [2.45, 2.75) is 47.6 Å². The highest BCUT2D eigenvalue weighted by molar-refractivity contribution is 5.12. The number of rotatable bonds is 2. The van der Waals surface area contributed by atoms with E-state index in [1.165, 1.54) is 11.3 Å². The maximum atomic E-state index is 4.22. The van der Waals surface area contributed by atoms with E-state index in [1.807, 2.05) is 20.0 Å². The molecular weight excluding hydrogens is 148 g/mol. The van der Waals surface area contributed by atoms with Crippen LogP contribution in [0, 0.1) is 13.8 Å². The van der Waals surface area contributed by atoms with Crippen molar-refractivity contribution in [3.63, 3.8) is 0 Å². The SMILES string of the molecule is CC.CCCn1ncc(C)c1C. The van der Waals surface area contributed by atoms with Crippen molar-refractivity contribution in [2.75, 3.05) is 0 Å². The normalized spacial score (nSPS) is 9.08. The van der Waals surface area contributed by atoms with Gasteiger partial charge in [0.1, 0.15) is 0 Å². The second-order valence-electron chi connectivity index (χ2n) is 2.64. The molecule has 12 heavy (non-hydrogen) atoms. The monoisotopic (exact) mass is 168 g/mol.